The molecular weight excluding hydrogens is 518 g/mol. The molecule has 2 aromatic carbocycles. The van der Waals surface area contributed by atoms with Crippen LogP contribution in [0.4, 0.5) is 0 Å². The van der Waals surface area contributed by atoms with Crippen molar-refractivity contribution in [3.8, 4) is 5.75 Å². The molecule has 0 spiro atoms. The minimum Gasteiger partial charge on any atom is -0.489 e. The van der Waals surface area contributed by atoms with Gasteiger partial charge in [0.2, 0.25) is 11.8 Å². The highest BCUT2D eigenvalue weighted by Gasteiger charge is 2.37. The van der Waals surface area contributed by atoms with Gasteiger partial charge in [0.1, 0.15) is 18.9 Å². The van der Waals surface area contributed by atoms with E-state index >= 15 is 0 Å². The minimum atomic E-state index is -0.465. The fourth-order valence-electron chi connectivity index (χ4n) is 5.70. The molecular formula is C33H43N3O5. The van der Waals surface area contributed by atoms with Crippen LogP contribution in [0.2, 0.25) is 0 Å². The molecule has 1 N–H and O–H groups in total. The molecule has 2 unspecified atom stereocenters. The second kappa shape index (κ2) is 14.8. The lowest BCUT2D eigenvalue weighted by Crippen LogP contribution is -2.44. The molecule has 41 heavy (non-hydrogen) atoms. The van der Waals surface area contributed by atoms with Crippen LogP contribution in [0.1, 0.15) is 69.9 Å². The molecule has 8 heteroatoms. The van der Waals surface area contributed by atoms with Gasteiger partial charge in [-0.05, 0) is 69.8 Å². The van der Waals surface area contributed by atoms with E-state index < -0.39 is 11.9 Å². The Hall–Kier alpha value is -3.65. The molecule has 1 fully saturated rings. The molecule has 0 aromatic heterocycles. The maximum Gasteiger partial charge on any atom is 0.336 e. The van der Waals surface area contributed by atoms with Gasteiger partial charge in [-0.2, -0.15) is 0 Å². The number of piperidine rings is 1. The molecule has 0 aliphatic carbocycles. The standard InChI is InChI=1S/C33H43N3O5/c1-4-40-33(39)32-25(3)36(22-30(37)34-18-10-20-35-19-9-8-11-24(35)2)31(38)21-29(32)27-14-16-28(17-15-27)41-23-26-12-6-5-7-13-26/h5-7,12-17,24,29H,4,8-11,18-23H2,1-3H3,(H,34,37). The van der Waals surface area contributed by atoms with Crippen LogP contribution in [-0.4, -0.2) is 66.4 Å². The summed E-state index contributed by atoms with van der Waals surface area (Å²) in [4.78, 5) is 43.1. The van der Waals surface area contributed by atoms with Crippen molar-refractivity contribution in [2.75, 3.05) is 32.8 Å². The van der Waals surface area contributed by atoms with E-state index in [9.17, 15) is 14.4 Å². The lowest BCUT2D eigenvalue weighted by atomic mass is 9.83. The fraction of sp³-hybridized carbons (Fsp3) is 0.485. The number of hydrogen-bond acceptors (Lipinski definition) is 6. The van der Waals surface area contributed by atoms with Crippen LogP contribution in [0.3, 0.4) is 0 Å². The second-order valence-electron chi connectivity index (χ2n) is 10.9. The average Bonchev–Trinajstić information content (AvgIpc) is 2.98. The number of hydrogen-bond donors (Lipinski definition) is 1. The van der Waals surface area contributed by atoms with Gasteiger partial charge < -0.3 is 24.6 Å². The summed E-state index contributed by atoms with van der Waals surface area (Å²) < 4.78 is 11.3. The number of ether oxygens (including phenoxy) is 2. The van der Waals surface area contributed by atoms with Crippen LogP contribution < -0.4 is 10.1 Å². The van der Waals surface area contributed by atoms with Crippen molar-refractivity contribution < 1.29 is 23.9 Å². The molecule has 2 amide bonds. The molecule has 0 bridgehead atoms. The number of carbonyl (C=O) groups is 3. The number of nitrogens with zero attached hydrogens (tertiary/aromatic N) is 2. The Labute approximate surface area is 243 Å². The number of nitrogens with one attached hydrogen (secondary N) is 1. The van der Waals surface area contributed by atoms with Gasteiger partial charge in [0.15, 0.2) is 0 Å². The summed E-state index contributed by atoms with van der Waals surface area (Å²) in [5.74, 6) is -0.650. The molecule has 2 heterocycles. The largest absolute Gasteiger partial charge is 0.489 e. The molecule has 1 saturated heterocycles. The Morgan fingerprint density at radius 2 is 1.80 bits per heavy atom. The Kier molecular flexibility index (Phi) is 11.0. The first-order chi connectivity index (χ1) is 19.9. The van der Waals surface area contributed by atoms with Gasteiger partial charge in [0, 0.05) is 37.2 Å². The van der Waals surface area contributed by atoms with Gasteiger partial charge in [-0.25, -0.2) is 4.79 Å². The number of carbonyl (C=O) groups excluding carboxylic acids is 3. The summed E-state index contributed by atoms with van der Waals surface area (Å²) in [5, 5.41) is 2.96. The monoisotopic (exact) mass is 561 g/mol. The van der Waals surface area contributed by atoms with E-state index in [1.54, 1.807) is 13.8 Å². The van der Waals surface area contributed by atoms with Crippen molar-refractivity contribution in [3.05, 3.63) is 77.0 Å². The van der Waals surface area contributed by atoms with Gasteiger partial charge in [0.25, 0.3) is 0 Å². The molecule has 2 aromatic rings. The van der Waals surface area contributed by atoms with Gasteiger partial charge in [0.05, 0.1) is 12.2 Å². The normalized spacial score (nSPS) is 19.7. The van der Waals surface area contributed by atoms with Crippen molar-refractivity contribution >= 4 is 17.8 Å². The van der Waals surface area contributed by atoms with E-state index in [2.05, 4.69) is 17.1 Å². The van der Waals surface area contributed by atoms with Crippen molar-refractivity contribution in [2.24, 2.45) is 0 Å². The minimum absolute atomic E-state index is 0.0792. The predicted molar refractivity (Wildman–Crippen MR) is 158 cm³/mol. The van der Waals surface area contributed by atoms with E-state index in [4.69, 9.17) is 9.47 Å². The summed E-state index contributed by atoms with van der Waals surface area (Å²) in [6, 6.07) is 18.0. The highest BCUT2D eigenvalue weighted by Crippen LogP contribution is 2.37. The molecule has 8 nitrogen and oxygen atoms in total. The molecule has 220 valence electrons. The van der Waals surface area contributed by atoms with Crippen molar-refractivity contribution in [1.29, 1.82) is 0 Å². The first-order valence-electron chi connectivity index (χ1n) is 14.8. The van der Waals surface area contributed by atoms with E-state index in [0.717, 1.165) is 30.6 Å². The number of esters is 1. The van der Waals surface area contributed by atoms with Gasteiger partial charge in [-0.3, -0.25) is 9.59 Å². The number of benzene rings is 2. The van der Waals surface area contributed by atoms with Crippen LogP contribution in [0.25, 0.3) is 0 Å². The quantitative estimate of drug-likeness (QED) is 0.296. The summed E-state index contributed by atoms with van der Waals surface area (Å²) in [6.07, 6.45) is 4.69. The molecule has 0 radical (unpaired) electrons. The fourth-order valence-corrected chi connectivity index (χ4v) is 5.70. The lowest BCUT2D eigenvalue weighted by Gasteiger charge is -2.34. The molecule has 0 saturated carbocycles. The van der Waals surface area contributed by atoms with Crippen LogP contribution in [0, 0.1) is 0 Å². The second-order valence-corrected chi connectivity index (χ2v) is 10.9. The Balaban J connectivity index is 1.40. The van der Waals surface area contributed by atoms with E-state index in [0.29, 0.717) is 36.2 Å². The predicted octanol–water partition coefficient (Wildman–Crippen LogP) is 4.80. The van der Waals surface area contributed by atoms with Crippen LogP contribution in [-0.2, 0) is 25.7 Å². The van der Waals surface area contributed by atoms with Crippen LogP contribution >= 0.6 is 0 Å². The number of amides is 2. The van der Waals surface area contributed by atoms with Gasteiger partial charge >= 0.3 is 5.97 Å². The summed E-state index contributed by atoms with van der Waals surface area (Å²) in [6.45, 7) is 8.91. The first kappa shape index (κ1) is 30.3. The molecule has 2 aliphatic rings. The smallest absolute Gasteiger partial charge is 0.336 e. The third-order valence-electron chi connectivity index (χ3n) is 8.04. The van der Waals surface area contributed by atoms with E-state index in [-0.39, 0.29) is 31.4 Å². The molecule has 2 aliphatic heterocycles. The zero-order valence-corrected chi connectivity index (χ0v) is 24.6. The highest BCUT2D eigenvalue weighted by atomic mass is 16.5. The average molecular weight is 562 g/mol. The summed E-state index contributed by atoms with van der Waals surface area (Å²) in [7, 11) is 0. The zero-order chi connectivity index (χ0) is 29.2. The number of likely N-dealkylation sites (tertiary alicyclic amines) is 1. The van der Waals surface area contributed by atoms with E-state index in [1.807, 2.05) is 54.6 Å². The summed E-state index contributed by atoms with van der Waals surface area (Å²) >= 11 is 0. The van der Waals surface area contributed by atoms with Crippen molar-refractivity contribution in [3.63, 3.8) is 0 Å². The molecule has 4 rings (SSSR count). The lowest BCUT2D eigenvalue weighted by molar-refractivity contribution is -0.141. The third-order valence-corrected chi connectivity index (χ3v) is 8.04. The Bertz CT molecular complexity index is 1210. The maximum atomic E-state index is 13.3. The topological polar surface area (TPSA) is 88.2 Å². The van der Waals surface area contributed by atoms with Gasteiger partial charge in [-0.1, -0.05) is 48.9 Å². The van der Waals surface area contributed by atoms with Crippen LogP contribution in [0.15, 0.2) is 65.9 Å². The zero-order valence-electron chi connectivity index (χ0n) is 24.6. The van der Waals surface area contributed by atoms with Crippen LogP contribution in [0.5, 0.6) is 5.75 Å². The van der Waals surface area contributed by atoms with Crippen molar-refractivity contribution in [2.45, 2.75) is 71.4 Å². The first-order valence-corrected chi connectivity index (χ1v) is 14.8. The highest BCUT2D eigenvalue weighted by molar-refractivity contribution is 5.97. The summed E-state index contributed by atoms with van der Waals surface area (Å²) in [5.41, 5.74) is 2.77. The maximum absolute atomic E-state index is 13.3. The van der Waals surface area contributed by atoms with Crippen molar-refractivity contribution in [1.82, 2.24) is 15.1 Å². The number of allylic oxidation sites excluding steroid dienone is 1. The number of rotatable bonds is 12. The third kappa shape index (κ3) is 8.19. The Morgan fingerprint density at radius 3 is 2.51 bits per heavy atom. The van der Waals surface area contributed by atoms with Gasteiger partial charge in [-0.15, -0.1) is 0 Å². The SMILES string of the molecule is CCOC(=O)C1=C(C)N(CC(=O)NCCCN2CCCCC2C)C(=O)CC1c1ccc(OCc2ccccc2)cc1. The van der Waals surface area contributed by atoms with E-state index in [1.165, 1.54) is 24.2 Å². The Morgan fingerprint density at radius 1 is 1.05 bits per heavy atom. The molecule has 2 atom stereocenters.